The van der Waals surface area contributed by atoms with Gasteiger partial charge in [-0.05, 0) is 30.7 Å². The number of nitrogens with zero attached hydrogens (tertiary/aromatic N) is 3. The predicted octanol–water partition coefficient (Wildman–Crippen LogP) is 4.95. The Hall–Kier alpha value is -3.00. The zero-order valence-corrected chi connectivity index (χ0v) is 18.0. The van der Waals surface area contributed by atoms with E-state index >= 15 is 0 Å². The fourth-order valence-corrected chi connectivity index (χ4v) is 4.06. The Balaban J connectivity index is 1.78. The lowest BCUT2D eigenvalue weighted by atomic mass is 10.1. The number of para-hydroxylation sites is 1. The van der Waals surface area contributed by atoms with E-state index in [-0.39, 0.29) is 0 Å². The molecule has 30 heavy (non-hydrogen) atoms. The highest BCUT2D eigenvalue weighted by atomic mass is 32.2. The van der Waals surface area contributed by atoms with E-state index in [1.165, 1.54) is 0 Å². The molecule has 156 valence electrons. The molecule has 0 saturated carbocycles. The first-order valence-corrected chi connectivity index (χ1v) is 10.8. The summed E-state index contributed by atoms with van der Waals surface area (Å²) < 4.78 is 17.3. The standard InChI is InChI=1S/C22H24N4O3S/c1-4-5-12-30-22-24-21-19(25-26-22)15-8-6-7-9-17(15)23-20(29-21)16-13-14(27-2)10-11-18(16)28-3/h6-11,13,20,23H,4-5,12H2,1-3H3/t20-/m1/s1. The van der Waals surface area contributed by atoms with Crippen molar-refractivity contribution in [1.29, 1.82) is 0 Å². The van der Waals surface area contributed by atoms with Crippen LogP contribution in [0.1, 0.15) is 31.6 Å². The number of hydrogen-bond acceptors (Lipinski definition) is 8. The Morgan fingerprint density at radius 2 is 1.97 bits per heavy atom. The molecule has 1 N–H and O–H groups in total. The van der Waals surface area contributed by atoms with Gasteiger partial charge in [-0.3, -0.25) is 0 Å². The van der Waals surface area contributed by atoms with Crippen molar-refractivity contribution >= 4 is 17.4 Å². The van der Waals surface area contributed by atoms with Gasteiger partial charge in [0.15, 0.2) is 5.69 Å². The van der Waals surface area contributed by atoms with Crippen molar-refractivity contribution in [3.05, 3.63) is 48.0 Å². The fraction of sp³-hybridized carbons (Fsp3) is 0.318. The van der Waals surface area contributed by atoms with Crippen molar-refractivity contribution in [3.8, 4) is 28.6 Å². The SMILES string of the molecule is CCCCSc1nnc2c(n1)O[C@H](c1cc(OC)ccc1OC)Nc1ccccc1-2. The van der Waals surface area contributed by atoms with Crippen molar-refractivity contribution in [2.24, 2.45) is 0 Å². The van der Waals surface area contributed by atoms with Crippen LogP contribution in [0.15, 0.2) is 47.6 Å². The molecule has 4 rings (SSSR count). The Morgan fingerprint density at radius 1 is 1.10 bits per heavy atom. The van der Waals surface area contributed by atoms with Crippen LogP contribution in [0, 0.1) is 0 Å². The number of nitrogens with one attached hydrogen (secondary N) is 1. The van der Waals surface area contributed by atoms with E-state index in [1.807, 2.05) is 42.5 Å². The van der Waals surface area contributed by atoms with Gasteiger partial charge in [-0.2, -0.15) is 4.98 Å². The van der Waals surface area contributed by atoms with Gasteiger partial charge in [-0.15, -0.1) is 10.2 Å². The van der Waals surface area contributed by atoms with Crippen LogP contribution < -0.4 is 19.5 Å². The summed E-state index contributed by atoms with van der Waals surface area (Å²) in [5, 5.41) is 12.8. The van der Waals surface area contributed by atoms with Gasteiger partial charge >= 0.3 is 0 Å². The number of benzene rings is 2. The first-order chi connectivity index (χ1) is 14.7. The number of aromatic nitrogens is 3. The summed E-state index contributed by atoms with van der Waals surface area (Å²) in [6.45, 7) is 2.16. The van der Waals surface area contributed by atoms with E-state index in [0.29, 0.717) is 28.2 Å². The zero-order valence-electron chi connectivity index (χ0n) is 17.2. The molecule has 0 fully saturated rings. The van der Waals surface area contributed by atoms with Gasteiger partial charge in [0.25, 0.3) is 0 Å². The largest absolute Gasteiger partial charge is 0.497 e. The average Bonchev–Trinajstić information content (AvgIpc) is 2.95. The monoisotopic (exact) mass is 424 g/mol. The third-order valence-electron chi connectivity index (χ3n) is 4.78. The first kappa shape index (κ1) is 20.3. The molecule has 0 unspecified atom stereocenters. The summed E-state index contributed by atoms with van der Waals surface area (Å²) in [7, 11) is 3.27. The highest BCUT2D eigenvalue weighted by Gasteiger charge is 2.28. The third kappa shape index (κ3) is 4.14. The van der Waals surface area contributed by atoms with Crippen LogP contribution in [-0.4, -0.2) is 35.2 Å². The molecule has 0 saturated heterocycles. The van der Waals surface area contributed by atoms with Gasteiger partial charge in [-0.25, -0.2) is 0 Å². The molecule has 2 aromatic carbocycles. The summed E-state index contributed by atoms with van der Waals surface area (Å²) in [5.74, 6) is 2.79. The lowest BCUT2D eigenvalue weighted by Crippen LogP contribution is -2.18. The minimum absolute atomic E-state index is 0.441. The summed E-state index contributed by atoms with van der Waals surface area (Å²) in [5.41, 5.74) is 3.19. The van der Waals surface area contributed by atoms with E-state index in [9.17, 15) is 0 Å². The molecular weight excluding hydrogens is 400 g/mol. The molecule has 3 aromatic rings. The molecule has 1 aliphatic rings. The molecular formula is C22H24N4O3S. The van der Waals surface area contributed by atoms with Gasteiger partial charge < -0.3 is 19.5 Å². The lowest BCUT2D eigenvalue weighted by Gasteiger charge is -2.21. The Bertz CT molecular complexity index is 1030. The summed E-state index contributed by atoms with van der Waals surface area (Å²) in [4.78, 5) is 4.67. The van der Waals surface area contributed by atoms with E-state index < -0.39 is 6.23 Å². The molecule has 1 aliphatic heterocycles. The Kier molecular flexibility index (Phi) is 6.23. The van der Waals surface area contributed by atoms with Crippen LogP contribution in [0.4, 0.5) is 5.69 Å². The number of unbranched alkanes of at least 4 members (excludes halogenated alkanes) is 1. The molecule has 0 radical (unpaired) electrons. The summed E-state index contributed by atoms with van der Waals surface area (Å²) in [6, 6.07) is 13.5. The smallest absolute Gasteiger partial charge is 0.247 e. The minimum Gasteiger partial charge on any atom is -0.497 e. The van der Waals surface area contributed by atoms with Gasteiger partial charge in [0.05, 0.1) is 19.8 Å². The molecule has 1 aromatic heterocycles. The van der Waals surface area contributed by atoms with Crippen molar-refractivity contribution in [3.63, 3.8) is 0 Å². The van der Waals surface area contributed by atoms with E-state index in [0.717, 1.165) is 35.4 Å². The number of rotatable bonds is 7. The van der Waals surface area contributed by atoms with Crippen LogP contribution in [0.3, 0.4) is 0 Å². The van der Waals surface area contributed by atoms with Crippen molar-refractivity contribution in [2.75, 3.05) is 25.3 Å². The Morgan fingerprint density at radius 3 is 2.77 bits per heavy atom. The van der Waals surface area contributed by atoms with Crippen molar-refractivity contribution in [2.45, 2.75) is 31.1 Å². The topological polar surface area (TPSA) is 78.4 Å². The maximum atomic E-state index is 6.34. The van der Waals surface area contributed by atoms with Gasteiger partial charge in [0, 0.05) is 17.0 Å². The fourth-order valence-electron chi connectivity index (χ4n) is 3.20. The number of anilines is 1. The second kappa shape index (κ2) is 9.21. The number of methoxy groups -OCH3 is 2. The molecule has 0 bridgehead atoms. The molecule has 2 heterocycles. The third-order valence-corrected chi connectivity index (χ3v) is 5.71. The highest BCUT2D eigenvalue weighted by molar-refractivity contribution is 7.99. The zero-order chi connectivity index (χ0) is 20.9. The van der Waals surface area contributed by atoms with Crippen LogP contribution in [0.2, 0.25) is 0 Å². The van der Waals surface area contributed by atoms with Crippen molar-refractivity contribution in [1.82, 2.24) is 15.2 Å². The molecule has 7 nitrogen and oxygen atoms in total. The number of hydrogen-bond donors (Lipinski definition) is 1. The second-order valence-electron chi connectivity index (χ2n) is 6.75. The lowest BCUT2D eigenvalue weighted by molar-refractivity contribution is 0.219. The number of ether oxygens (including phenoxy) is 3. The molecule has 0 spiro atoms. The van der Waals surface area contributed by atoms with Crippen LogP contribution >= 0.6 is 11.8 Å². The second-order valence-corrected chi connectivity index (χ2v) is 7.81. The number of fused-ring (bicyclic) bond motifs is 3. The van der Waals surface area contributed by atoms with Crippen LogP contribution in [0.25, 0.3) is 11.3 Å². The summed E-state index contributed by atoms with van der Waals surface area (Å²) >= 11 is 1.59. The van der Waals surface area contributed by atoms with E-state index in [2.05, 4.69) is 27.4 Å². The number of thioether (sulfide) groups is 1. The van der Waals surface area contributed by atoms with Crippen LogP contribution in [-0.2, 0) is 0 Å². The Labute approximate surface area is 180 Å². The highest BCUT2D eigenvalue weighted by Crippen LogP contribution is 2.41. The summed E-state index contributed by atoms with van der Waals surface area (Å²) in [6.07, 6.45) is 1.68. The molecule has 0 amide bonds. The average molecular weight is 425 g/mol. The maximum Gasteiger partial charge on any atom is 0.247 e. The van der Waals surface area contributed by atoms with Gasteiger partial charge in [0.2, 0.25) is 17.3 Å². The quantitative estimate of drug-likeness (QED) is 0.422. The molecule has 1 atom stereocenters. The van der Waals surface area contributed by atoms with E-state index in [4.69, 9.17) is 14.2 Å². The van der Waals surface area contributed by atoms with Gasteiger partial charge in [-0.1, -0.05) is 43.3 Å². The molecule has 8 heteroatoms. The van der Waals surface area contributed by atoms with Crippen molar-refractivity contribution < 1.29 is 14.2 Å². The molecule has 0 aliphatic carbocycles. The maximum absolute atomic E-state index is 6.34. The normalized spacial score (nSPS) is 14.6. The van der Waals surface area contributed by atoms with Crippen LogP contribution in [0.5, 0.6) is 17.4 Å². The van der Waals surface area contributed by atoms with Gasteiger partial charge in [0.1, 0.15) is 11.5 Å². The van der Waals surface area contributed by atoms with E-state index in [1.54, 1.807) is 26.0 Å². The minimum atomic E-state index is -0.539. The first-order valence-electron chi connectivity index (χ1n) is 9.85. The predicted molar refractivity (Wildman–Crippen MR) is 117 cm³/mol.